The van der Waals surface area contributed by atoms with Crippen LogP contribution in [0.15, 0.2) is 40.7 Å². The Morgan fingerprint density at radius 2 is 1.80 bits per heavy atom. The summed E-state index contributed by atoms with van der Waals surface area (Å²) in [5.41, 5.74) is 4.51. The average Bonchev–Trinajstić information content (AvgIpc) is 3.65. The monoisotopic (exact) mass is 551 g/mol. The predicted molar refractivity (Wildman–Crippen MR) is 136 cm³/mol. The van der Waals surface area contributed by atoms with Gasteiger partial charge in [-0.15, -0.1) is 0 Å². The van der Waals surface area contributed by atoms with Gasteiger partial charge in [0.05, 0.1) is 42.9 Å². The van der Waals surface area contributed by atoms with Crippen LogP contribution >= 0.6 is 0 Å². The van der Waals surface area contributed by atoms with Crippen molar-refractivity contribution in [3.8, 4) is 11.3 Å². The van der Waals surface area contributed by atoms with Crippen molar-refractivity contribution in [1.82, 2.24) is 38.6 Å². The number of carbonyl (C=O) groups excluding carboxylic acids is 1. The van der Waals surface area contributed by atoms with Crippen LogP contribution in [0.1, 0.15) is 12.8 Å². The highest BCUT2D eigenvalue weighted by Crippen LogP contribution is 2.59. The number of nitrogens with zero attached hydrogens (tertiary/aromatic N) is 9. The Morgan fingerprint density at radius 1 is 1.10 bits per heavy atom. The Hall–Kier alpha value is -4.60. The molecular weight excluding hydrogens is 528 g/mol. The number of rotatable bonds is 6. The van der Waals surface area contributed by atoms with Crippen LogP contribution in [-0.2, 0) is 24.0 Å². The van der Waals surface area contributed by atoms with E-state index in [1.807, 2.05) is 0 Å². The minimum atomic E-state index is -2.58. The van der Waals surface area contributed by atoms with Crippen LogP contribution in [0.25, 0.3) is 22.4 Å². The molecule has 2 unspecified atom stereocenters. The van der Waals surface area contributed by atoms with Crippen LogP contribution in [0, 0.1) is 11.8 Å². The molecule has 2 saturated carbocycles. The number of imidazole rings is 1. The molecule has 206 valence electrons. The smallest absolute Gasteiger partial charge is 0.333 e. The molecule has 4 aromatic rings. The molecule has 5 heterocycles. The van der Waals surface area contributed by atoms with E-state index in [9.17, 15) is 23.2 Å². The second-order valence-electron chi connectivity index (χ2n) is 10.4. The first-order valence-electron chi connectivity index (χ1n) is 12.6. The first-order chi connectivity index (χ1) is 19.2. The fraction of sp³-hybridized carbons (Fsp3) is 0.417. The fourth-order valence-electron chi connectivity index (χ4n) is 5.54. The molecule has 40 heavy (non-hydrogen) atoms. The van der Waals surface area contributed by atoms with Gasteiger partial charge in [0.2, 0.25) is 5.95 Å². The first kappa shape index (κ1) is 24.4. The number of fused-ring (bicyclic) bond motifs is 2. The van der Waals surface area contributed by atoms with E-state index in [0.717, 1.165) is 4.57 Å². The maximum atomic E-state index is 13.5. The number of amides is 1. The zero-order valence-corrected chi connectivity index (χ0v) is 21.2. The average molecular weight is 552 g/mol. The number of nitrogens with one attached hydrogen (secondary N) is 1. The van der Waals surface area contributed by atoms with Gasteiger partial charge in [-0.25, -0.2) is 38.1 Å². The molecule has 1 saturated heterocycles. The minimum absolute atomic E-state index is 0.108. The van der Waals surface area contributed by atoms with Crippen molar-refractivity contribution in [2.24, 2.45) is 24.6 Å². The van der Waals surface area contributed by atoms with Gasteiger partial charge in [0.15, 0.2) is 17.0 Å². The molecule has 1 aliphatic heterocycles. The predicted octanol–water partition coefficient (Wildman–Crippen LogP) is -0.111. The highest BCUT2D eigenvalue weighted by atomic mass is 19.3. The maximum Gasteiger partial charge on any atom is 0.333 e. The van der Waals surface area contributed by atoms with Crippen molar-refractivity contribution in [2.45, 2.75) is 31.0 Å². The van der Waals surface area contributed by atoms with E-state index in [4.69, 9.17) is 5.73 Å². The van der Waals surface area contributed by atoms with E-state index in [-0.39, 0.29) is 36.7 Å². The van der Waals surface area contributed by atoms with E-state index in [2.05, 4.69) is 30.2 Å². The van der Waals surface area contributed by atoms with Crippen molar-refractivity contribution in [1.29, 1.82) is 0 Å². The number of alkyl halides is 2. The zero-order chi connectivity index (χ0) is 28.0. The van der Waals surface area contributed by atoms with Crippen LogP contribution in [-0.4, -0.2) is 63.5 Å². The minimum Gasteiger partial charge on any atom is -0.340 e. The van der Waals surface area contributed by atoms with Crippen LogP contribution in [0.4, 0.5) is 20.5 Å². The molecule has 2 atom stereocenters. The number of hydrogen-bond donors (Lipinski definition) is 2. The molecule has 0 spiro atoms. The fourth-order valence-corrected chi connectivity index (χ4v) is 5.54. The molecule has 14 nitrogen and oxygen atoms in total. The molecule has 3 aliphatic rings. The lowest BCUT2D eigenvalue weighted by Crippen LogP contribution is -2.43. The topological polar surface area (TPSA) is 172 Å². The Kier molecular flexibility index (Phi) is 5.01. The van der Waals surface area contributed by atoms with Crippen molar-refractivity contribution in [3.05, 3.63) is 52.0 Å². The van der Waals surface area contributed by atoms with Crippen LogP contribution in [0.3, 0.4) is 0 Å². The second-order valence-corrected chi connectivity index (χ2v) is 10.4. The molecule has 2 aliphatic carbocycles. The zero-order valence-electron chi connectivity index (χ0n) is 21.2. The van der Waals surface area contributed by atoms with E-state index in [1.54, 1.807) is 4.90 Å². The van der Waals surface area contributed by atoms with Gasteiger partial charge >= 0.3 is 5.69 Å². The second kappa shape index (κ2) is 8.20. The highest BCUT2D eigenvalue weighted by molar-refractivity contribution is 5.99. The van der Waals surface area contributed by atoms with Crippen molar-refractivity contribution in [2.75, 3.05) is 23.3 Å². The van der Waals surface area contributed by atoms with Gasteiger partial charge in [-0.2, -0.15) is 0 Å². The SMILES string of the molecule is Cn1c(=O)n(CN)c(=O)c2c1ncn2C1(C(=O)Nc2cncc(-c3cnc(N4CC5C(C4)C5(F)F)nc3)n2)CC1. The number of aryl methyl sites for hydroxylation is 1. The largest absolute Gasteiger partial charge is 0.340 e. The molecule has 3 N–H and O–H groups in total. The number of halogens is 2. The summed E-state index contributed by atoms with van der Waals surface area (Å²) in [4.78, 5) is 62.1. The molecule has 7 rings (SSSR count). The van der Waals surface area contributed by atoms with Crippen LogP contribution in [0.2, 0.25) is 0 Å². The quantitative estimate of drug-likeness (QED) is 0.329. The van der Waals surface area contributed by atoms with Gasteiger partial charge in [0, 0.05) is 38.1 Å². The Balaban J connectivity index is 1.12. The molecule has 3 fully saturated rings. The summed E-state index contributed by atoms with van der Waals surface area (Å²) in [6.07, 6.45) is 8.22. The Bertz CT molecular complexity index is 1800. The van der Waals surface area contributed by atoms with Crippen molar-refractivity contribution in [3.63, 3.8) is 0 Å². The summed E-state index contributed by atoms with van der Waals surface area (Å²) in [7, 11) is 1.48. The lowest BCUT2D eigenvalue weighted by Gasteiger charge is -2.19. The normalized spacial score (nSPS) is 21.9. The Morgan fingerprint density at radius 3 is 2.45 bits per heavy atom. The maximum absolute atomic E-state index is 13.5. The lowest BCUT2D eigenvalue weighted by atomic mass is 10.2. The lowest BCUT2D eigenvalue weighted by molar-refractivity contribution is -0.120. The molecule has 1 amide bonds. The molecule has 4 aromatic heterocycles. The molecular formula is C24H23F2N11O3. The van der Waals surface area contributed by atoms with Crippen LogP contribution < -0.4 is 27.2 Å². The third kappa shape index (κ3) is 3.41. The number of nitrogens with two attached hydrogens (primary N) is 1. The summed E-state index contributed by atoms with van der Waals surface area (Å²) in [6.45, 7) is 0.138. The number of aromatic nitrogens is 8. The summed E-state index contributed by atoms with van der Waals surface area (Å²) in [6, 6.07) is 0. The summed E-state index contributed by atoms with van der Waals surface area (Å²) >= 11 is 0. The number of piperidine rings is 1. The van der Waals surface area contributed by atoms with Gasteiger partial charge < -0.3 is 20.5 Å². The van der Waals surface area contributed by atoms with Gasteiger partial charge in [0.1, 0.15) is 5.54 Å². The molecule has 16 heteroatoms. The third-order valence-corrected chi connectivity index (χ3v) is 8.11. The van der Waals surface area contributed by atoms with Crippen LogP contribution in [0.5, 0.6) is 0 Å². The van der Waals surface area contributed by atoms with E-state index < -0.39 is 40.5 Å². The molecule has 0 aromatic carbocycles. The first-order valence-corrected chi connectivity index (χ1v) is 12.6. The van der Waals surface area contributed by atoms with Crippen molar-refractivity contribution < 1.29 is 13.6 Å². The van der Waals surface area contributed by atoms with E-state index >= 15 is 0 Å². The van der Waals surface area contributed by atoms with Gasteiger partial charge in [-0.3, -0.25) is 19.1 Å². The highest BCUT2D eigenvalue weighted by Gasteiger charge is 2.72. The van der Waals surface area contributed by atoms with E-state index in [0.29, 0.717) is 30.0 Å². The van der Waals surface area contributed by atoms with Gasteiger partial charge in [-0.05, 0) is 12.8 Å². The molecule has 0 radical (unpaired) electrons. The van der Waals surface area contributed by atoms with Gasteiger partial charge in [-0.1, -0.05) is 0 Å². The summed E-state index contributed by atoms with van der Waals surface area (Å²) in [5, 5.41) is 2.77. The number of hydrogen-bond acceptors (Lipinski definition) is 10. The number of carbonyl (C=O) groups is 1. The number of anilines is 2. The summed E-state index contributed by atoms with van der Waals surface area (Å²) < 4.78 is 30.6. The van der Waals surface area contributed by atoms with Crippen molar-refractivity contribution >= 4 is 28.8 Å². The third-order valence-electron chi connectivity index (χ3n) is 8.11. The standard InChI is InChI=1S/C24H23F2N11O3/c1-34-18-17(19(38)36(10-27)22(34)40)37(11-31-18)23(2-3-23)20(39)33-16-7-28-6-15(32-16)12-4-29-21(30-5-12)35-8-13-14(9-35)24(13,25)26/h4-7,11,13-14H,2-3,8-10,27H2,1H3,(H,32,33,39). The molecule has 0 bridgehead atoms. The van der Waals surface area contributed by atoms with E-state index in [1.165, 1.54) is 47.3 Å². The summed E-state index contributed by atoms with van der Waals surface area (Å²) in [5.74, 6) is -3.71. The Labute approximate surface area is 223 Å². The van der Waals surface area contributed by atoms with Gasteiger partial charge in [0.25, 0.3) is 17.4 Å².